The van der Waals surface area contributed by atoms with Gasteiger partial charge in [0.25, 0.3) is 0 Å². The fraction of sp³-hybridized carbons (Fsp3) is 0.650. The van der Waals surface area contributed by atoms with Gasteiger partial charge in [0.2, 0.25) is 0 Å². The molecule has 0 aliphatic carbocycles. The van der Waals surface area contributed by atoms with Gasteiger partial charge in [-0.15, -0.1) is 0 Å². The minimum Gasteiger partial charge on any atom is -0.393 e. The highest BCUT2D eigenvalue weighted by atomic mass is 16.3. The zero-order valence-electron chi connectivity index (χ0n) is 16.1. The van der Waals surface area contributed by atoms with E-state index in [0.717, 1.165) is 45.0 Å². The van der Waals surface area contributed by atoms with Gasteiger partial charge in [-0.2, -0.15) is 0 Å². The molecular formula is C20H34N4O. The Kier molecular flexibility index (Phi) is 7.72. The molecule has 1 aromatic carbocycles. The molecule has 1 aliphatic heterocycles. The fourth-order valence-electron chi connectivity index (χ4n) is 2.86. The SMILES string of the molecule is CN=C(NCc1ccc(CN2CCC(O)CC2)cc1)NC(C)C(C)C. The van der Waals surface area contributed by atoms with Crippen molar-refractivity contribution in [1.82, 2.24) is 15.5 Å². The highest BCUT2D eigenvalue weighted by Crippen LogP contribution is 2.14. The molecule has 1 aliphatic rings. The van der Waals surface area contributed by atoms with E-state index in [2.05, 4.69) is 65.6 Å². The summed E-state index contributed by atoms with van der Waals surface area (Å²) >= 11 is 0. The third kappa shape index (κ3) is 6.67. The third-order valence-electron chi connectivity index (χ3n) is 5.03. The first kappa shape index (κ1) is 19.7. The molecule has 3 N–H and O–H groups in total. The maximum Gasteiger partial charge on any atom is 0.191 e. The predicted octanol–water partition coefficient (Wildman–Crippen LogP) is 2.35. The number of hydrogen-bond donors (Lipinski definition) is 3. The lowest BCUT2D eigenvalue weighted by molar-refractivity contribution is 0.0792. The summed E-state index contributed by atoms with van der Waals surface area (Å²) in [7, 11) is 1.81. The standard InChI is InChI=1S/C20H34N4O/c1-15(2)16(3)23-20(21-4)22-13-17-5-7-18(8-6-17)14-24-11-9-19(25)10-12-24/h5-8,15-16,19,25H,9-14H2,1-4H3,(H2,21,22,23). The van der Waals surface area contributed by atoms with Crippen molar-refractivity contribution in [3.8, 4) is 0 Å². The van der Waals surface area contributed by atoms with E-state index in [9.17, 15) is 5.11 Å². The molecule has 0 aromatic heterocycles. The van der Waals surface area contributed by atoms with Crippen molar-refractivity contribution < 1.29 is 5.11 Å². The number of aliphatic imine (C=N–C) groups is 1. The second kappa shape index (κ2) is 9.78. The molecule has 1 atom stereocenters. The lowest BCUT2D eigenvalue weighted by atomic mass is 10.1. The van der Waals surface area contributed by atoms with Gasteiger partial charge in [0, 0.05) is 39.3 Å². The first-order valence-corrected chi connectivity index (χ1v) is 9.43. The van der Waals surface area contributed by atoms with Crippen LogP contribution in [0.1, 0.15) is 44.7 Å². The Morgan fingerprint density at radius 2 is 1.76 bits per heavy atom. The number of piperidine rings is 1. The molecule has 0 bridgehead atoms. The Hall–Kier alpha value is -1.59. The van der Waals surface area contributed by atoms with Crippen molar-refractivity contribution in [1.29, 1.82) is 0 Å². The molecule has 1 aromatic rings. The van der Waals surface area contributed by atoms with Crippen molar-refractivity contribution >= 4 is 5.96 Å². The molecule has 0 amide bonds. The number of guanidine groups is 1. The molecule has 1 heterocycles. The topological polar surface area (TPSA) is 59.9 Å². The molecule has 1 saturated heterocycles. The van der Waals surface area contributed by atoms with Crippen LogP contribution in [0.4, 0.5) is 0 Å². The van der Waals surface area contributed by atoms with Gasteiger partial charge in [-0.25, -0.2) is 0 Å². The normalized spacial score (nSPS) is 18.4. The van der Waals surface area contributed by atoms with Crippen LogP contribution in [0, 0.1) is 5.92 Å². The van der Waals surface area contributed by atoms with Crippen LogP contribution in [-0.4, -0.2) is 48.2 Å². The van der Waals surface area contributed by atoms with Crippen LogP contribution in [0.25, 0.3) is 0 Å². The Labute approximate surface area is 152 Å². The third-order valence-corrected chi connectivity index (χ3v) is 5.03. The monoisotopic (exact) mass is 346 g/mol. The Morgan fingerprint density at radius 3 is 2.32 bits per heavy atom. The average molecular weight is 347 g/mol. The number of aliphatic hydroxyl groups excluding tert-OH is 1. The van der Waals surface area contributed by atoms with Gasteiger partial charge in [-0.05, 0) is 36.8 Å². The van der Waals surface area contributed by atoms with E-state index >= 15 is 0 Å². The van der Waals surface area contributed by atoms with E-state index in [1.165, 1.54) is 11.1 Å². The van der Waals surface area contributed by atoms with Crippen LogP contribution in [0.15, 0.2) is 29.3 Å². The Balaban J connectivity index is 1.79. The van der Waals surface area contributed by atoms with Crippen molar-refractivity contribution in [2.45, 2.75) is 58.8 Å². The molecule has 5 nitrogen and oxygen atoms in total. The summed E-state index contributed by atoms with van der Waals surface area (Å²) in [5, 5.41) is 16.4. The van der Waals surface area contributed by atoms with Crippen LogP contribution in [0.5, 0.6) is 0 Å². The molecule has 0 spiro atoms. The van der Waals surface area contributed by atoms with Gasteiger partial charge in [0.15, 0.2) is 5.96 Å². The van der Waals surface area contributed by atoms with Gasteiger partial charge in [0.1, 0.15) is 0 Å². The summed E-state index contributed by atoms with van der Waals surface area (Å²) in [6.07, 6.45) is 1.68. The number of nitrogens with one attached hydrogen (secondary N) is 2. The van der Waals surface area contributed by atoms with E-state index < -0.39 is 0 Å². The Bertz CT molecular complexity index is 533. The van der Waals surface area contributed by atoms with Crippen LogP contribution >= 0.6 is 0 Å². The number of aliphatic hydroxyl groups is 1. The quantitative estimate of drug-likeness (QED) is 0.547. The first-order valence-electron chi connectivity index (χ1n) is 9.43. The second-order valence-electron chi connectivity index (χ2n) is 7.43. The lowest BCUT2D eigenvalue weighted by Crippen LogP contribution is -2.43. The summed E-state index contributed by atoms with van der Waals surface area (Å²) in [4.78, 5) is 6.71. The van der Waals surface area contributed by atoms with Crippen LogP contribution < -0.4 is 10.6 Å². The average Bonchev–Trinajstić information content (AvgIpc) is 2.61. The van der Waals surface area contributed by atoms with Gasteiger partial charge in [0.05, 0.1) is 6.10 Å². The van der Waals surface area contributed by atoms with E-state index in [4.69, 9.17) is 0 Å². The van der Waals surface area contributed by atoms with Crippen LogP contribution in [0.2, 0.25) is 0 Å². The largest absolute Gasteiger partial charge is 0.393 e. The number of rotatable bonds is 6. The molecule has 0 radical (unpaired) electrons. The van der Waals surface area contributed by atoms with Gasteiger partial charge in [-0.1, -0.05) is 38.1 Å². The molecule has 2 rings (SSSR count). The van der Waals surface area contributed by atoms with Crippen molar-refractivity contribution in [2.24, 2.45) is 10.9 Å². The highest BCUT2D eigenvalue weighted by molar-refractivity contribution is 5.79. The van der Waals surface area contributed by atoms with Crippen molar-refractivity contribution in [2.75, 3.05) is 20.1 Å². The first-order chi connectivity index (χ1) is 12.0. The van der Waals surface area contributed by atoms with E-state index in [1.54, 1.807) is 7.05 Å². The minimum atomic E-state index is -0.105. The molecular weight excluding hydrogens is 312 g/mol. The highest BCUT2D eigenvalue weighted by Gasteiger charge is 2.16. The summed E-state index contributed by atoms with van der Waals surface area (Å²) in [5.74, 6) is 1.41. The maximum absolute atomic E-state index is 9.59. The molecule has 140 valence electrons. The maximum atomic E-state index is 9.59. The zero-order valence-corrected chi connectivity index (χ0v) is 16.1. The number of likely N-dealkylation sites (tertiary alicyclic amines) is 1. The van der Waals surface area contributed by atoms with Gasteiger partial charge in [-0.3, -0.25) is 9.89 Å². The van der Waals surface area contributed by atoms with E-state index in [0.29, 0.717) is 12.0 Å². The van der Waals surface area contributed by atoms with Crippen molar-refractivity contribution in [3.05, 3.63) is 35.4 Å². The second-order valence-corrected chi connectivity index (χ2v) is 7.43. The molecule has 25 heavy (non-hydrogen) atoms. The van der Waals surface area contributed by atoms with Crippen LogP contribution in [-0.2, 0) is 13.1 Å². The summed E-state index contributed by atoms with van der Waals surface area (Å²) in [6.45, 7) is 10.3. The summed E-state index contributed by atoms with van der Waals surface area (Å²) in [6, 6.07) is 9.15. The zero-order chi connectivity index (χ0) is 18.2. The molecule has 0 saturated carbocycles. The number of nitrogens with zero attached hydrogens (tertiary/aromatic N) is 2. The van der Waals surface area contributed by atoms with Crippen molar-refractivity contribution in [3.63, 3.8) is 0 Å². The molecule has 1 unspecified atom stereocenters. The lowest BCUT2D eigenvalue weighted by Gasteiger charge is -2.29. The molecule has 1 fully saturated rings. The predicted molar refractivity (Wildman–Crippen MR) is 105 cm³/mol. The molecule has 5 heteroatoms. The smallest absolute Gasteiger partial charge is 0.191 e. The number of benzene rings is 1. The van der Waals surface area contributed by atoms with Crippen LogP contribution in [0.3, 0.4) is 0 Å². The van der Waals surface area contributed by atoms with Gasteiger partial charge < -0.3 is 15.7 Å². The van der Waals surface area contributed by atoms with Gasteiger partial charge >= 0.3 is 0 Å². The summed E-state index contributed by atoms with van der Waals surface area (Å²) in [5.41, 5.74) is 2.58. The fourth-order valence-corrected chi connectivity index (χ4v) is 2.86. The Morgan fingerprint density at radius 1 is 1.16 bits per heavy atom. The van der Waals surface area contributed by atoms with E-state index in [-0.39, 0.29) is 6.10 Å². The summed E-state index contributed by atoms with van der Waals surface area (Å²) < 4.78 is 0. The van der Waals surface area contributed by atoms with E-state index in [1.807, 2.05) is 0 Å². The minimum absolute atomic E-state index is 0.105. The number of hydrogen-bond acceptors (Lipinski definition) is 3.